The molecule has 1 amide bonds. The van der Waals surface area contributed by atoms with Crippen molar-refractivity contribution < 1.29 is 27.5 Å². The van der Waals surface area contributed by atoms with E-state index in [9.17, 15) is 22.8 Å². The first kappa shape index (κ1) is 25.0. The summed E-state index contributed by atoms with van der Waals surface area (Å²) in [5.41, 5.74) is -0.256. The Bertz CT molecular complexity index is 1190. The number of aromatic nitrogens is 2. The summed E-state index contributed by atoms with van der Waals surface area (Å²) in [5, 5.41) is 2.47. The van der Waals surface area contributed by atoms with E-state index in [0.29, 0.717) is 5.56 Å². The molecule has 172 valence electrons. The smallest absolute Gasteiger partial charge is 0.433 e. The van der Waals surface area contributed by atoms with Crippen LogP contribution in [0.2, 0.25) is 5.02 Å². The van der Waals surface area contributed by atoms with Gasteiger partial charge in [-0.15, -0.1) is 0 Å². The highest BCUT2D eigenvalue weighted by Crippen LogP contribution is 2.32. The van der Waals surface area contributed by atoms with Crippen LogP contribution in [0.3, 0.4) is 0 Å². The Balaban J connectivity index is 1.79. The Kier molecular flexibility index (Phi) is 7.98. The van der Waals surface area contributed by atoms with E-state index in [2.05, 4.69) is 36.0 Å². The van der Waals surface area contributed by atoms with E-state index in [1.54, 1.807) is 24.3 Å². The Morgan fingerprint density at radius 3 is 2.45 bits per heavy atom. The van der Waals surface area contributed by atoms with E-state index >= 15 is 0 Å². The number of thioether (sulfide) groups is 1. The van der Waals surface area contributed by atoms with Crippen LogP contribution in [-0.2, 0) is 15.7 Å². The molecule has 0 aliphatic carbocycles. The number of ether oxygens (including phenoxy) is 1. The van der Waals surface area contributed by atoms with Crippen LogP contribution in [0.1, 0.15) is 16.1 Å². The van der Waals surface area contributed by atoms with Gasteiger partial charge in [0.05, 0.1) is 34.8 Å². The number of amides is 1. The fraction of sp³-hybridized carbons (Fsp3) is 0.143. The first-order valence-electron chi connectivity index (χ1n) is 9.09. The number of esters is 1. The lowest BCUT2D eigenvalue weighted by Gasteiger charge is -2.11. The third kappa shape index (κ3) is 6.68. The van der Waals surface area contributed by atoms with Crippen LogP contribution >= 0.6 is 39.3 Å². The molecule has 1 heterocycles. The number of rotatable bonds is 6. The third-order valence-corrected chi connectivity index (χ3v) is 5.84. The standard InChI is InChI=1S/C21H14BrClF3N3O3S/c1-32-19(31)12-4-7-14(23)16(8-12)27-18(30)10-33-20-28-15(9-17(29-20)21(24,25)26)11-2-5-13(22)6-3-11/h2-9H,10H2,1H3,(H,27,30). The molecule has 0 fully saturated rings. The van der Waals surface area contributed by atoms with Crippen LogP contribution in [0.4, 0.5) is 18.9 Å². The van der Waals surface area contributed by atoms with Gasteiger partial charge in [-0.25, -0.2) is 14.8 Å². The molecule has 0 saturated heterocycles. The molecule has 0 radical (unpaired) electrons. The van der Waals surface area contributed by atoms with Gasteiger partial charge in [0, 0.05) is 10.0 Å². The summed E-state index contributed by atoms with van der Waals surface area (Å²) in [5.74, 6) is -1.48. The van der Waals surface area contributed by atoms with Gasteiger partial charge in [0.15, 0.2) is 5.16 Å². The average molecular weight is 561 g/mol. The number of hydrogen-bond acceptors (Lipinski definition) is 6. The van der Waals surface area contributed by atoms with Gasteiger partial charge in [-0.3, -0.25) is 4.79 Å². The average Bonchev–Trinajstić information content (AvgIpc) is 2.78. The molecule has 12 heteroatoms. The number of methoxy groups -OCH3 is 1. The van der Waals surface area contributed by atoms with E-state index in [0.717, 1.165) is 22.3 Å². The van der Waals surface area contributed by atoms with Crippen LogP contribution in [0.5, 0.6) is 0 Å². The quantitative estimate of drug-likeness (QED) is 0.223. The molecule has 0 bridgehead atoms. The first-order valence-corrected chi connectivity index (χ1v) is 11.2. The van der Waals surface area contributed by atoms with Gasteiger partial charge in [-0.2, -0.15) is 13.2 Å². The minimum absolute atomic E-state index is 0.0709. The van der Waals surface area contributed by atoms with Gasteiger partial charge >= 0.3 is 12.1 Å². The Labute approximate surface area is 204 Å². The molecule has 3 rings (SSSR count). The monoisotopic (exact) mass is 559 g/mol. The van der Waals surface area contributed by atoms with E-state index in [1.807, 2.05) is 0 Å². The number of hydrogen-bond donors (Lipinski definition) is 1. The maximum atomic E-state index is 13.4. The second-order valence-electron chi connectivity index (χ2n) is 6.45. The van der Waals surface area contributed by atoms with Crippen molar-refractivity contribution in [3.8, 4) is 11.3 Å². The molecule has 0 unspecified atom stereocenters. The molecule has 1 N–H and O–H groups in total. The molecule has 0 saturated carbocycles. The maximum Gasteiger partial charge on any atom is 0.433 e. The number of alkyl halides is 3. The molecule has 0 aliphatic heterocycles. The lowest BCUT2D eigenvalue weighted by atomic mass is 10.1. The topological polar surface area (TPSA) is 81.2 Å². The molecular weight excluding hydrogens is 547 g/mol. The van der Waals surface area contributed by atoms with Crippen LogP contribution < -0.4 is 5.32 Å². The molecule has 6 nitrogen and oxygen atoms in total. The fourth-order valence-electron chi connectivity index (χ4n) is 2.59. The van der Waals surface area contributed by atoms with Gasteiger partial charge in [0.25, 0.3) is 0 Å². The number of carbonyl (C=O) groups excluding carboxylic acids is 2. The van der Waals surface area contributed by atoms with E-state index < -0.39 is 23.7 Å². The minimum Gasteiger partial charge on any atom is -0.465 e. The second kappa shape index (κ2) is 10.5. The molecule has 0 atom stereocenters. The predicted octanol–water partition coefficient (Wildman–Crippen LogP) is 6.10. The molecule has 3 aromatic rings. The SMILES string of the molecule is COC(=O)c1ccc(Cl)c(NC(=O)CSc2nc(-c3ccc(Br)cc3)cc(C(F)(F)F)n2)c1. The minimum atomic E-state index is -4.69. The Morgan fingerprint density at radius 1 is 1.12 bits per heavy atom. The lowest BCUT2D eigenvalue weighted by molar-refractivity contribution is -0.141. The van der Waals surface area contributed by atoms with E-state index in [4.69, 9.17) is 11.6 Å². The van der Waals surface area contributed by atoms with Crippen LogP contribution in [0.15, 0.2) is 58.2 Å². The predicted molar refractivity (Wildman–Crippen MR) is 122 cm³/mol. The molecule has 33 heavy (non-hydrogen) atoms. The zero-order valence-corrected chi connectivity index (χ0v) is 19.9. The summed E-state index contributed by atoms with van der Waals surface area (Å²) in [7, 11) is 1.21. The summed E-state index contributed by atoms with van der Waals surface area (Å²) >= 11 is 10.1. The van der Waals surface area contributed by atoms with Gasteiger partial charge in [-0.05, 0) is 36.4 Å². The van der Waals surface area contributed by atoms with Crippen molar-refractivity contribution >= 4 is 56.9 Å². The summed E-state index contributed by atoms with van der Waals surface area (Å²) in [6.07, 6.45) is -4.69. The number of benzene rings is 2. The molecule has 1 aromatic heterocycles. The number of anilines is 1. The normalized spacial score (nSPS) is 11.2. The fourth-order valence-corrected chi connectivity index (χ4v) is 3.67. The largest absolute Gasteiger partial charge is 0.465 e. The van der Waals surface area contributed by atoms with Crippen molar-refractivity contribution in [3.05, 3.63) is 69.3 Å². The molecule has 0 aliphatic rings. The van der Waals surface area contributed by atoms with E-state index in [1.165, 1.54) is 25.3 Å². The van der Waals surface area contributed by atoms with Crippen molar-refractivity contribution in [3.63, 3.8) is 0 Å². The summed E-state index contributed by atoms with van der Waals surface area (Å²) in [6.45, 7) is 0. The number of carbonyl (C=O) groups is 2. The van der Waals surface area contributed by atoms with Crippen molar-refractivity contribution in [2.24, 2.45) is 0 Å². The zero-order chi connectivity index (χ0) is 24.2. The van der Waals surface area contributed by atoms with Crippen LogP contribution in [0.25, 0.3) is 11.3 Å². The van der Waals surface area contributed by atoms with Crippen molar-refractivity contribution in [2.75, 3.05) is 18.2 Å². The summed E-state index contributed by atoms with van der Waals surface area (Å²) < 4.78 is 45.4. The summed E-state index contributed by atoms with van der Waals surface area (Å²) in [4.78, 5) is 31.7. The lowest BCUT2D eigenvalue weighted by Crippen LogP contribution is -2.16. The van der Waals surface area contributed by atoms with Crippen molar-refractivity contribution in [2.45, 2.75) is 11.3 Å². The van der Waals surface area contributed by atoms with Gasteiger partial charge in [0.2, 0.25) is 5.91 Å². The van der Waals surface area contributed by atoms with Crippen molar-refractivity contribution in [1.29, 1.82) is 0 Å². The van der Waals surface area contributed by atoms with Crippen LogP contribution in [0, 0.1) is 0 Å². The number of nitrogens with zero attached hydrogens (tertiary/aromatic N) is 2. The maximum absolute atomic E-state index is 13.4. The Hall–Kier alpha value is -2.63. The highest BCUT2D eigenvalue weighted by atomic mass is 79.9. The number of halogens is 5. The zero-order valence-electron chi connectivity index (χ0n) is 16.7. The molecular formula is C21H14BrClF3N3O3S. The van der Waals surface area contributed by atoms with Gasteiger partial charge in [0.1, 0.15) is 5.69 Å². The molecule has 0 spiro atoms. The summed E-state index contributed by atoms with van der Waals surface area (Å²) in [6, 6.07) is 11.6. The highest BCUT2D eigenvalue weighted by molar-refractivity contribution is 9.10. The highest BCUT2D eigenvalue weighted by Gasteiger charge is 2.34. The molecule has 2 aromatic carbocycles. The number of nitrogens with one attached hydrogen (secondary N) is 1. The first-order chi connectivity index (χ1) is 15.6. The van der Waals surface area contributed by atoms with Crippen LogP contribution in [-0.4, -0.2) is 34.7 Å². The van der Waals surface area contributed by atoms with Gasteiger partial charge in [-0.1, -0.05) is 51.4 Å². The third-order valence-electron chi connectivity index (χ3n) is 4.13. The second-order valence-corrected chi connectivity index (χ2v) is 8.71. The van der Waals surface area contributed by atoms with Gasteiger partial charge < -0.3 is 10.1 Å². The van der Waals surface area contributed by atoms with E-state index in [-0.39, 0.29) is 32.9 Å². The Morgan fingerprint density at radius 2 is 1.82 bits per heavy atom. The van der Waals surface area contributed by atoms with Crippen molar-refractivity contribution in [1.82, 2.24) is 9.97 Å².